The molecule has 15 heteroatoms. The number of fused-ring (bicyclic) bond motifs is 1. The Morgan fingerprint density at radius 3 is 2.14 bits per heavy atom. The lowest BCUT2D eigenvalue weighted by Gasteiger charge is -2.28. The van der Waals surface area contributed by atoms with Crippen LogP contribution in [0.5, 0.6) is 0 Å². The van der Waals surface area contributed by atoms with Gasteiger partial charge in [-0.25, -0.2) is 18.5 Å². The fourth-order valence-corrected chi connectivity index (χ4v) is 8.22. The Bertz CT molecular complexity index is 1730. The molecule has 0 spiro atoms. The largest absolute Gasteiger partial charge is 0.472 e. The molecule has 1 saturated heterocycles. The van der Waals surface area contributed by atoms with Gasteiger partial charge in [0, 0.05) is 5.56 Å². The first-order valence-electron chi connectivity index (χ1n) is 21.0. The molecule has 2 aromatic heterocycles. The van der Waals surface area contributed by atoms with Gasteiger partial charge in [-0.15, -0.1) is 0 Å². The van der Waals surface area contributed by atoms with E-state index in [-0.39, 0.29) is 24.6 Å². The Balaban J connectivity index is 1.19. The number of nitrogens with zero attached hydrogens (tertiary/aromatic N) is 4. The number of aromatic nitrogens is 3. The van der Waals surface area contributed by atoms with Crippen molar-refractivity contribution in [2.24, 2.45) is 0 Å². The van der Waals surface area contributed by atoms with Crippen LogP contribution in [-0.4, -0.2) is 66.8 Å². The van der Waals surface area contributed by atoms with Crippen molar-refractivity contribution in [3.63, 3.8) is 0 Å². The van der Waals surface area contributed by atoms with E-state index in [0.29, 0.717) is 23.2 Å². The summed E-state index contributed by atoms with van der Waals surface area (Å²) in [7, 11) is -4.72. The van der Waals surface area contributed by atoms with Crippen molar-refractivity contribution in [3.05, 3.63) is 59.3 Å². The fraction of sp³-hybridized carbons (Fsp3) is 0.690. The van der Waals surface area contributed by atoms with E-state index < -0.39 is 50.3 Å². The van der Waals surface area contributed by atoms with Crippen LogP contribution in [0.25, 0.3) is 5.52 Å². The highest BCUT2D eigenvalue weighted by molar-refractivity contribution is 7.47. The number of hydrogen-bond donors (Lipinski definition) is 4. The van der Waals surface area contributed by atoms with E-state index in [2.05, 4.69) is 17.0 Å². The molecule has 0 amide bonds. The summed E-state index contributed by atoms with van der Waals surface area (Å²) in [6.07, 6.45) is 19.6. The number of phosphoric acid groups is 1. The molecular weight excluding hydrogens is 752 g/mol. The fourth-order valence-electron chi connectivity index (χ4n) is 7.37. The number of halogens is 1. The van der Waals surface area contributed by atoms with Gasteiger partial charge in [-0.1, -0.05) is 122 Å². The third kappa shape index (κ3) is 15.0. The SMILES string of the molecule is CCCCCCCCCCCCCCCCCCCC[C@H](COP(=O)(O)OC[C@@]1(C)O[C@@H](c2ccc3c(N)ncnn23)[C@H](O)[C@@H]1O)OCc1cc(C#N)ccc1F. The summed E-state index contributed by atoms with van der Waals surface area (Å²) in [5.41, 5.74) is 5.70. The van der Waals surface area contributed by atoms with Crippen LogP contribution >= 0.6 is 7.82 Å². The second-order valence-corrected chi connectivity index (χ2v) is 17.1. The lowest BCUT2D eigenvalue weighted by molar-refractivity contribution is -0.101. The number of hydrogen-bond acceptors (Lipinski definition) is 11. The number of phosphoric ester groups is 1. The predicted octanol–water partition coefficient (Wildman–Crippen LogP) is 9.02. The third-order valence-corrected chi connectivity index (χ3v) is 11.9. The molecule has 1 unspecified atom stereocenters. The van der Waals surface area contributed by atoms with E-state index >= 15 is 0 Å². The Kier molecular flexibility index (Phi) is 19.8. The zero-order valence-corrected chi connectivity index (χ0v) is 34.8. The van der Waals surface area contributed by atoms with Crippen molar-refractivity contribution >= 4 is 19.2 Å². The van der Waals surface area contributed by atoms with Gasteiger partial charge in [0.1, 0.15) is 41.6 Å². The van der Waals surface area contributed by atoms with Crippen molar-refractivity contribution in [1.29, 1.82) is 5.26 Å². The predicted molar refractivity (Wildman–Crippen MR) is 216 cm³/mol. The monoisotopic (exact) mass is 817 g/mol. The van der Waals surface area contributed by atoms with Gasteiger partial charge >= 0.3 is 7.82 Å². The summed E-state index contributed by atoms with van der Waals surface area (Å²) in [5.74, 6) is -0.303. The second kappa shape index (κ2) is 24.2. The number of anilines is 1. The normalized spacial score (nSPS) is 21.2. The van der Waals surface area contributed by atoms with E-state index in [0.717, 1.165) is 25.7 Å². The summed E-state index contributed by atoms with van der Waals surface area (Å²) in [5, 5.41) is 35.3. The number of rotatable bonds is 29. The average molecular weight is 818 g/mol. The van der Waals surface area contributed by atoms with Crippen LogP contribution in [0.3, 0.4) is 0 Å². The minimum Gasteiger partial charge on any atom is -0.387 e. The Hall–Kier alpha value is -2.99. The molecule has 0 bridgehead atoms. The zero-order valence-electron chi connectivity index (χ0n) is 33.9. The highest BCUT2D eigenvalue weighted by Gasteiger charge is 2.53. The number of benzene rings is 1. The van der Waals surface area contributed by atoms with Crippen molar-refractivity contribution in [3.8, 4) is 6.07 Å². The van der Waals surface area contributed by atoms with E-state index in [1.54, 1.807) is 12.1 Å². The first-order valence-corrected chi connectivity index (χ1v) is 22.5. The molecule has 57 heavy (non-hydrogen) atoms. The molecule has 1 aliphatic heterocycles. The molecule has 3 heterocycles. The minimum atomic E-state index is -4.72. The second-order valence-electron chi connectivity index (χ2n) is 15.7. The number of aliphatic hydroxyl groups is 2. The Morgan fingerprint density at radius 1 is 0.947 bits per heavy atom. The summed E-state index contributed by atoms with van der Waals surface area (Å²) in [6, 6.07) is 9.29. The van der Waals surface area contributed by atoms with Crippen LogP contribution in [0.4, 0.5) is 10.2 Å². The molecule has 1 aromatic carbocycles. The van der Waals surface area contributed by atoms with Gasteiger partial charge in [-0.05, 0) is 43.7 Å². The van der Waals surface area contributed by atoms with Crippen molar-refractivity contribution in [1.82, 2.24) is 14.6 Å². The van der Waals surface area contributed by atoms with Crippen molar-refractivity contribution in [2.75, 3.05) is 18.9 Å². The van der Waals surface area contributed by atoms with Crippen LogP contribution in [0.1, 0.15) is 159 Å². The van der Waals surface area contributed by atoms with Crippen LogP contribution in [0, 0.1) is 17.1 Å². The summed E-state index contributed by atoms with van der Waals surface area (Å²) in [6.45, 7) is 2.64. The quantitative estimate of drug-likeness (QED) is 0.0384. The molecule has 0 radical (unpaired) electrons. The number of ether oxygens (including phenoxy) is 2. The van der Waals surface area contributed by atoms with Gasteiger partial charge in [0.2, 0.25) is 0 Å². The first kappa shape index (κ1) is 46.7. The maximum Gasteiger partial charge on any atom is 0.472 e. The number of nitrogens with two attached hydrogens (primary N) is 1. The molecule has 318 valence electrons. The highest BCUT2D eigenvalue weighted by atomic mass is 31.2. The molecule has 0 saturated carbocycles. The molecule has 3 aromatic rings. The number of aliphatic hydroxyl groups excluding tert-OH is 2. The molecule has 4 rings (SSSR count). The van der Waals surface area contributed by atoms with Crippen LogP contribution in [0.15, 0.2) is 36.7 Å². The smallest absolute Gasteiger partial charge is 0.387 e. The van der Waals surface area contributed by atoms with Crippen LogP contribution in [0.2, 0.25) is 0 Å². The highest BCUT2D eigenvalue weighted by Crippen LogP contribution is 2.48. The molecule has 5 N–H and O–H groups in total. The van der Waals surface area contributed by atoms with Gasteiger partial charge in [0.15, 0.2) is 5.82 Å². The molecule has 1 aliphatic rings. The topological polar surface area (TPSA) is 195 Å². The number of unbranched alkanes of at least 4 members (excludes halogenated alkanes) is 17. The maximum absolute atomic E-state index is 14.5. The van der Waals surface area contributed by atoms with E-state index in [9.17, 15) is 29.3 Å². The summed E-state index contributed by atoms with van der Waals surface area (Å²) < 4.78 is 51.8. The van der Waals surface area contributed by atoms with E-state index in [4.69, 9.17) is 24.3 Å². The van der Waals surface area contributed by atoms with Gasteiger partial charge in [-0.3, -0.25) is 9.05 Å². The molecular formula is C42H65FN5O8P. The van der Waals surface area contributed by atoms with E-state index in [1.165, 1.54) is 126 Å². The zero-order chi connectivity index (χ0) is 41.1. The Labute approximate surface area is 337 Å². The van der Waals surface area contributed by atoms with Gasteiger partial charge in [-0.2, -0.15) is 10.4 Å². The van der Waals surface area contributed by atoms with Gasteiger partial charge < -0.3 is 30.3 Å². The summed E-state index contributed by atoms with van der Waals surface area (Å²) in [4.78, 5) is 14.6. The van der Waals surface area contributed by atoms with Crippen LogP contribution < -0.4 is 5.73 Å². The van der Waals surface area contributed by atoms with Gasteiger partial charge in [0.25, 0.3) is 0 Å². The first-order chi connectivity index (χ1) is 27.5. The van der Waals surface area contributed by atoms with E-state index in [1.807, 2.05) is 6.07 Å². The number of nitriles is 1. The molecule has 13 nitrogen and oxygen atoms in total. The Morgan fingerprint density at radius 2 is 1.54 bits per heavy atom. The summed E-state index contributed by atoms with van der Waals surface area (Å²) >= 11 is 0. The maximum atomic E-state index is 14.5. The van der Waals surface area contributed by atoms with Crippen molar-refractivity contribution < 1.29 is 42.6 Å². The van der Waals surface area contributed by atoms with Gasteiger partial charge in [0.05, 0.1) is 43.3 Å². The molecule has 0 aliphatic carbocycles. The lowest BCUT2D eigenvalue weighted by Crippen LogP contribution is -2.44. The minimum absolute atomic E-state index is 0.159. The molecule has 1 fully saturated rings. The number of nitrogen functional groups attached to an aromatic ring is 1. The van der Waals surface area contributed by atoms with Crippen molar-refractivity contribution in [2.45, 2.75) is 172 Å². The third-order valence-electron chi connectivity index (χ3n) is 10.9. The average Bonchev–Trinajstić information content (AvgIpc) is 3.73. The lowest BCUT2D eigenvalue weighted by atomic mass is 9.97. The van der Waals surface area contributed by atoms with Crippen LogP contribution in [-0.2, 0) is 29.7 Å². The standard InChI is InChI=1S/C42H65FN5O8P/c1-3-4-5-6-7-8-9-10-11-12-13-14-15-16-17-18-19-20-21-34(53-28-33-26-32(27-44)22-23-35(33)43)29-54-57(51,52)55-30-42(2)40(50)38(49)39(56-42)36-24-25-37-41(45)46-31-47-48(36)37/h22-26,31,34,38-40,49-50H,3-21,28-30H2,1-2H3,(H,51,52)(H2,45,46,47)/t34-,38+,39+,40+,42-/m1/s1. The molecule has 6 atom stereocenters.